The van der Waals surface area contributed by atoms with Crippen molar-refractivity contribution in [2.75, 3.05) is 0 Å². The number of ketones is 1. The van der Waals surface area contributed by atoms with E-state index < -0.39 is 0 Å². The lowest BCUT2D eigenvalue weighted by molar-refractivity contribution is -0.148. The molecule has 0 spiro atoms. The molecule has 0 radical (unpaired) electrons. The number of carbonyl (C=O) groups excluding carboxylic acids is 2. The topological polar surface area (TPSA) is 43.4 Å². The fourth-order valence-corrected chi connectivity index (χ4v) is 3.76. The van der Waals surface area contributed by atoms with Crippen molar-refractivity contribution in [2.45, 2.75) is 53.6 Å². The van der Waals surface area contributed by atoms with Crippen molar-refractivity contribution in [3.8, 4) is 0 Å². The molecule has 22 heavy (non-hydrogen) atoms. The van der Waals surface area contributed by atoms with E-state index in [0.717, 1.165) is 12.0 Å². The van der Waals surface area contributed by atoms with Crippen LogP contribution < -0.4 is 0 Å². The summed E-state index contributed by atoms with van der Waals surface area (Å²) in [7, 11) is 0. The molecule has 0 N–H and O–H groups in total. The molecule has 0 bridgehead atoms. The number of hydrogen-bond donors (Lipinski definition) is 0. The summed E-state index contributed by atoms with van der Waals surface area (Å²) >= 11 is 0. The summed E-state index contributed by atoms with van der Waals surface area (Å²) < 4.78 is 5.71. The SMILES string of the molecule is C/C=C/C(=O)O[C@H]1CC(C)=C2CC(=O)C(C)=C[C@@H]2[C@H]1C(C)C. The van der Waals surface area contributed by atoms with E-state index in [1.54, 1.807) is 6.08 Å². The van der Waals surface area contributed by atoms with Gasteiger partial charge in [0.05, 0.1) is 0 Å². The zero-order chi connectivity index (χ0) is 16.4. The lowest BCUT2D eigenvalue weighted by atomic mass is 9.65. The zero-order valence-electron chi connectivity index (χ0n) is 14.2. The van der Waals surface area contributed by atoms with Crippen molar-refractivity contribution >= 4 is 11.8 Å². The minimum absolute atomic E-state index is 0.116. The number of Topliss-reactive ketones (excluding diaryl/α,β-unsaturated/α-hetero) is 1. The van der Waals surface area contributed by atoms with Gasteiger partial charge in [0.15, 0.2) is 5.78 Å². The van der Waals surface area contributed by atoms with Crippen LogP contribution in [0.5, 0.6) is 0 Å². The van der Waals surface area contributed by atoms with E-state index in [4.69, 9.17) is 4.74 Å². The quantitative estimate of drug-likeness (QED) is 0.449. The van der Waals surface area contributed by atoms with Crippen LogP contribution in [0.2, 0.25) is 0 Å². The number of ether oxygens (including phenoxy) is 1. The second-order valence-electron chi connectivity index (χ2n) is 6.78. The Kier molecular flexibility index (Phi) is 5.05. The first-order chi connectivity index (χ1) is 10.3. The van der Waals surface area contributed by atoms with Gasteiger partial charge < -0.3 is 4.74 Å². The second-order valence-corrected chi connectivity index (χ2v) is 6.78. The first kappa shape index (κ1) is 16.7. The number of carbonyl (C=O) groups is 2. The van der Waals surface area contributed by atoms with Crippen LogP contribution in [0.3, 0.4) is 0 Å². The third-order valence-corrected chi connectivity index (χ3v) is 4.86. The molecule has 2 rings (SSSR count). The molecule has 0 aliphatic heterocycles. The summed E-state index contributed by atoms with van der Waals surface area (Å²) in [5.74, 6) is 0.777. The Hall–Kier alpha value is -1.64. The van der Waals surface area contributed by atoms with Crippen LogP contribution in [0.15, 0.2) is 34.9 Å². The highest BCUT2D eigenvalue weighted by atomic mass is 16.5. The maximum Gasteiger partial charge on any atom is 0.330 e. The van der Waals surface area contributed by atoms with Crippen molar-refractivity contribution in [2.24, 2.45) is 17.8 Å². The summed E-state index contributed by atoms with van der Waals surface area (Å²) in [4.78, 5) is 23.9. The number of esters is 1. The second kappa shape index (κ2) is 6.64. The minimum Gasteiger partial charge on any atom is -0.459 e. The molecule has 0 saturated carbocycles. The maximum atomic E-state index is 12.0. The molecule has 3 nitrogen and oxygen atoms in total. The molecule has 2 aliphatic carbocycles. The Morgan fingerprint density at radius 2 is 2.05 bits per heavy atom. The molecule has 3 atom stereocenters. The van der Waals surface area contributed by atoms with E-state index in [9.17, 15) is 9.59 Å². The Balaban J connectivity index is 2.36. The molecule has 3 heteroatoms. The summed E-state index contributed by atoms with van der Waals surface area (Å²) in [6.07, 6.45) is 6.40. The van der Waals surface area contributed by atoms with Crippen LogP contribution in [0.4, 0.5) is 0 Å². The molecule has 120 valence electrons. The van der Waals surface area contributed by atoms with Crippen molar-refractivity contribution in [1.29, 1.82) is 0 Å². The van der Waals surface area contributed by atoms with Crippen molar-refractivity contribution < 1.29 is 14.3 Å². The minimum atomic E-state index is -0.276. The van der Waals surface area contributed by atoms with Crippen LogP contribution in [0.1, 0.15) is 47.5 Å². The fourth-order valence-electron chi connectivity index (χ4n) is 3.76. The molecule has 0 aromatic rings. The van der Waals surface area contributed by atoms with E-state index >= 15 is 0 Å². The normalized spacial score (nSPS) is 28.9. The Bertz CT molecular complexity index is 563. The predicted octanol–water partition coefficient (Wildman–Crippen LogP) is 4.00. The van der Waals surface area contributed by atoms with E-state index in [2.05, 4.69) is 26.8 Å². The largest absolute Gasteiger partial charge is 0.459 e. The van der Waals surface area contributed by atoms with Crippen LogP contribution in [0.25, 0.3) is 0 Å². The number of fused-ring (bicyclic) bond motifs is 1. The van der Waals surface area contributed by atoms with Gasteiger partial charge in [0.2, 0.25) is 0 Å². The molecular weight excluding hydrogens is 276 g/mol. The van der Waals surface area contributed by atoms with Gasteiger partial charge in [-0.15, -0.1) is 0 Å². The van der Waals surface area contributed by atoms with Crippen molar-refractivity contribution in [3.05, 3.63) is 34.9 Å². The highest BCUT2D eigenvalue weighted by Crippen LogP contribution is 2.45. The number of hydrogen-bond acceptors (Lipinski definition) is 3. The van der Waals surface area contributed by atoms with Gasteiger partial charge in [-0.1, -0.05) is 37.1 Å². The van der Waals surface area contributed by atoms with Crippen LogP contribution >= 0.6 is 0 Å². The number of rotatable bonds is 3. The monoisotopic (exact) mass is 302 g/mol. The Morgan fingerprint density at radius 1 is 1.36 bits per heavy atom. The maximum absolute atomic E-state index is 12.0. The summed E-state index contributed by atoms with van der Waals surface area (Å²) in [5, 5.41) is 0. The van der Waals surface area contributed by atoms with Crippen molar-refractivity contribution in [3.63, 3.8) is 0 Å². The van der Waals surface area contributed by atoms with E-state index in [1.165, 1.54) is 17.2 Å². The van der Waals surface area contributed by atoms with E-state index in [-0.39, 0.29) is 29.7 Å². The first-order valence-electron chi connectivity index (χ1n) is 8.08. The molecule has 2 aliphatic rings. The number of allylic oxidation sites excluding steroid dienone is 4. The third-order valence-electron chi connectivity index (χ3n) is 4.86. The predicted molar refractivity (Wildman–Crippen MR) is 87.2 cm³/mol. The standard InChI is InChI=1S/C19H26O3/c1-6-7-18(21)22-17-9-12(4)14-10-16(20)13(5)8-15(14)19(17)11(2)3/h6-8,11,15,17,19H,9-10H2,1-5H3/b7-6+/t15-,17-,19+/m0/s1. The molecule has 0 fully saturated rings. The van der Waals surface area contributed by atoms with Crippen molar-refractivity contribution in [1.82, 2.24) is 0 Å². The average molecular weight is 302 g/mol. The molecule has 0 heterocycles. The van der Waals surface area contributed by atoms with Gasteiger partial charge in [-0.05, 0) is 32.3 Å². The molecule has 0 saturated heterocycles. The highest BCUT2D eigenvalue weighted by molar-refractivity contribution is 5.98. The average Bonchev–Trinajstić information content (AvgIpc) is 2.41. The lowest BCUT2D eigenvalue weighted by Gasteiger charge is -2.42. The first-order valence-corrected chi connectivity index (χ1v) is 8.08. The third kappa shape index (κ3) is 3.23. The van der Waals surface area contributed by atoms with Crippen LogP contribution in [-0.2, 0) is 14.3 Å². The van der Waals surface area contributed by atoms with Gasteiger partial charge in [-0.2, -0.15) is 0 Å². The zero-order valence-corrected chi connectivity index (χ0v) is 14.2. The molecular formula is C19H26O3. The van der Waals surface area contributed by atoms with Gasteiger partial charge in [-0.3, -0.25) is 4.79 Å². The van der Waals surface area contributed by atoms with Crippen LogP contribution in [-0.4, -0.2) is 17.9 Å². The smallest absolute Gasteiger partial charge is 0.330 e. The van der Waals surface area contributed by atoms with E-state index in [0.29, 0.717) is 12.3 Å². The Labute approximate surface area is 133 Å². The summed E-state index contributed by atoms with van der Waals surface area (Å²) in [5.41, 5.74) is 3.29. The fraction of sp³-hybridized carbons (Fsp3) is 0.579. The van der Waals surface area contributed by atoms with Gasteiger partial charge in [0, 0.05) is 30.8 Å². The molecule has 0 amide bonds. The molecule has 0 aromatic carbocycles. The van der Waals surface area contributed by atoms with Gasteiger partial charge in [0.25, 0.3) is 0 Å². The lowest BCUT2D eigenvalue weighted by Crippen LogP contribution is -2.41. The van der Waals surface area contributed by atoms with Crippen LogP contribution in [0, 0.1) is 17.8 Å². The molecule has 0 unspecified atom stereocenters. The van der Waals surface area contributed by atoms with E-state index in [1.807, 2.05) is 13.8 Å². The summed E-state index contributed by atoms with van der Waals surface area (Å²) in [6.45, 7) is 10.1. The van der Waals surface area contributed by atoms with Gasteiger partial charge >= 0.3 is 5.97 Å². The Morgan fingerprint density at radius 3 is 2.64 bits per heavy atom. The summed E-state index contributed by atoms with van der Waals surface area (Å²) in [6, 6.07) is 0. The molecule has 0 aromatic heterocycles. The van der Waals surface area contributed by atoms with Gasteiger partial charge in [-0.25, -0.2) is 4.79 Å². The highest BCUT2D eigenvalue weighted by Gasteiger charge is 2.41. The van der Waals surface area contributed by atoms with Gasteiger partial charge in [0.1, 0.15) is 6.10 Å².